The van der Waals surface area contributed by atoms with E-state index >= 15 is 0 Å². The number of halogens is 2. The molecule has 4 aliphatic rings. The van der Waals surface area contributed by atoms with Gasteiger partial charge in [0.05, 0.1) is 5.70 Å². The van der Waals surface area contributed by atoms with Crippen molar-refractivity contribution in [2.24, 2.45) is 23.5 Å². The van der Waals surface area contributed by atoms with Crippen LogP contribution in [0.4, 0.5) is 8.78 Å². The zero-order chi connectivity index (χ0) is 15.4. The normalized spacial score (nSPS) is 33.8. The topological polar surface area (TPSA) is 90.4 Å². The smallest absolute Gasteiger partial charge is 0.303 e. The Bertz CT molecular complexity index is 520. The van der Waals surface area contributed by atoms with E-state index < -0.39 is 17.6 Å². The number of hydrogen-bond donors (Lipinski definition) is 3. The van der Waals surface area contributed by atoms with E-state index in [0.29, 0.717) is 13.1 Å². The van der Waals surface area contributed by atoms with E-state index in [2.05, 4.69) is 0 Å². The van der Waals surface area contributed by atoms with Gasteiger partial charge in [-0.3, -0.25) is 10.2 Å². The van der Waals surface area contributed by atoms with Crippen LogP contribution in [0.1, 0.15) is 25.7 Å². The van der Waals surface area contributed by atoms with Gasteiger partial charge in [0.2, 0.25) is 0 Å². The first-order chi connectivity index (χ1) is 9.79. The third kappa shape index (κ3) is 2.28. The molecule has 0 aromatic rings. The van der Waals surface area contributed by atoms with Gasteiger partial charge in [-0.15, -0.1) is 0 Å². The average Bonchev–Trinajstić information content (AvgIpc) is 2.70. The molecule has 116 valence electrons. The Labute approximate surface area is 121 Å². The number of nitrogens with zero attached hydrogens (tertiary/aromatic N) is 1. The zero-order valence-corrected chi connectivity index (χ0v) is 11.6. The standard InChI is InChI=1S/C14H19F2N3O2/c15-14(16)2-1-9(12(14)17)13(18)19-5-7-3-8(6-19)10(7)4-11(20)21/h7-8,10,18H,1-6,17H2,(H,20,21)/t7-,8+,10?. The number of rotatable bonds is 3. The minimum absolute atomic E-state index is 0.105. The lowest BCUT2D eigenvalue weighted by atomic mass is 9.60. The van der Waals surface area contributed by atoms with E-state index in [1.165, 1.54) is 0 Å². The summed E-state index contributed by atoms with van der Waals surface area (Å²) in [4.78, 5) is 12.6. The Morgan fingerprint density at radius 1 is 1.43 bits per heavy atom. The van der Waals surface area contributed by atoms with Crippen molar-refractivity contribution in [3.63, 3.8) is 0 Å². The van der Waals surface area contributed by atoms with E-state index in [9.17, 15) is 13.6 Å². The molecular weight excluding hydrogens is 280 g/mol. The number of piperidine rings is 2. The minimum Gasteiger partial charge on any atom is -0.481 e. The molecule has 4 N–H and O–H groups in total. The lowest BCUT2D eigenvalue weighted by Gasteiger charge is -2.54. The summed E-state index contributed by atoms with van der Waals surface area (Å²) in [6.07, 6.45) is 0.965. The van der Waals surface area contributed by atoms with Gasteiger partial charge < -0.3 is 15.7 Å². The number of amidine groups is 1. The van der Waals surface area contributed by atoms with Gasteiger partial charge in [-0.2, -0.15) is 8.78 Å². The number of nitrogens with one attached hydrogen (secondary N) is 1. The van der Waals surface area contributed by atoms with Crippen LogP contribution in [0.25, 0.3) is 0 Å². The van der Waals surface area contributed by atoms with Crippen LogP contribution in [-0.2, 0) is 4.79 Å². The second-order valence-corrected chi connectivity index (χ2v) is 6.37. The molecule has 2 aliphatic heterocycles. The van der Waals surface area contributed by atoms with E-state index in [1.807, 2.05) is 0 Å². The van der Waals surface area contributed by atoms with E-state index in [-0.39, 0.29) is 48.4 Å². The summed E-state index contributed by atoms with van der Waals surface area (Å²) in [5, 5.41) is 17.0. The monoisotopic (exact) mass is 299 g/mol. The van der Waals surface area contributed by atoms with Crippen LogP contribution in [0, 0.1) is 23.2 Å². The number of carboxylic acid groups (broad SMARTS) is 1. The number of aliphatic carboxylic acids is 1. The van der Waals surface area contributed by atoms with E-state index in [1.54, 1.807) is 4.90 Å². The van der Waals surface area contributed by atoms with Crippen molar-refractivity contribution in [1.82, 2.24) is 4.90 Å². The van der Waals surface area contributed by atoms with Gasteiger partial charge in [0.1, 0.15) is 5.84 Å². The third-order valence-electron chi connectivity index (χ3n) is 5.15. The van der Waals surface area contributed by atoms with Gasteiger partial charge in [0, 0.05) is 31.5 Å². The number of hydrogen-bond acceptors (Lipinski definition) is 3. The molecule has 1 unspecified atom stereocenters. The summed E-state index contributed by atoms with van der Waals surface area (Å²) < 4.78 is 26.9. The van der Waals surface area contributed by atoms with Gasteiger partial charge in [0.25, 0.3) is 5.92 Å². The summed E-state index contributed by atoms with van der Waals surface area (Å²) in [6.45, 7) is 1.16. The number of carboxylic acids is 1. The second-order valence-electron chi connectivity index (χ2n) is 6.37. The largest absolute Gasteiger partial charge is 0.481 e. The SMILES string of the molecule is N=C(C1=C(N)C(F)(F)CC1)N1C[C@H]2C[C@@H](C1)C2CC(=O)O. The molecule has 2 bridgehead atoms. The van der Waals surface area contributed by atoms with Crippen LogP contribution in [-0.4, -0.2) is 40.8 Å². The predicted octanol–water partition coefficient (Wildman–Crippen LogP) is 1.65. The van der Waals surface area contributed by atoms with Crippen LogP contribution < -0.4 is 5.73 Å². The molecule has 5 nitrogen and oxygen atoms in total. The highest BCUT2D eigenvalue weighted by Gasteiger charge is 2.49. The van der Waals surface area contributed by atoms with Crippen LogP contribution in [0.15, 0.2) is 11.3 Å². The van der Waals surface area contributed by atoms with Crippen molar-refractivity contribution in [3.8, 4) is 0 Å². The molecule has 1 saturated carbocycles. The first kappa shape index (κ1) is 14.3. The number of allylic oxidation sites excluding steroid dienone is 1. The Balaban J connectivity index is 1.67. The molecule has 0 radical (unpaired) electrons. The molecular formula is C14H19F2N3O2. The van der Waals surface area contributed by atoms with Gasteiger partial charge in [-0.25, -0.2) is 0 Å². The average molecular weight is 299 g/mol. The van der Waals surface area contributed by atoms with Crippen LogP contribution in [0.5, 0.6) is 0 Å². The lowest BCUT2D eigenvalue weighted by Crippen LogP contribution is -2.57. The highest BCUT2D eigenvalue weighted by atomic mass is 19.3. The maximum Gasteiger partial charge on any atom is 0.303 e. The van der Waals surface area contributed by atoms with Gasteiger partial charge in [-0.1, -0.05) is 0 Å². The molecule has 0 aromatic heterocycles. The summed E-state index contributed by atoms with van der Waals surface area (Å²) in [7, 11) is 0. The fraction of sp³-hybridized carbons (Fsp3) is 0.714. The van der Waals surface area contributed by atoms with Crippen molar-refractivity contribution in [2.75, 3.05) is 13.1 Å². The zero-order valence-electron chi connectivity index (χ0n) is 11.6. The Morgan fingerprint density at radius 3 is 2.52 bits per heavy atom. The first-order valence-corrected chi connectivity index (χ1v) is 7.22. The maximum atomic E-state index is 13.4. The number of carbonyl (C=O) groups is 1. The van der Waals surface area contributed by atoms with Gasteiger partial charge in [-0.05, 0) is 30.6 Å². The molecule has 3 fully saturated rings. The van der Waals surface area contributed by atoms with E-state index in [4.69, 9.17) is 16.2 Å². The van der Waals surface area contributed by atoms with Crippen molar-refractivity contribution >= 4 is 11.8 Å². The Morgan fingerprint density at radius 2 is 2.05 bits per heavy atom. The third-order valence-corrected chi connectivity index (χ3v) is 5.15. The fourth-order valence-electron chi connectivity index (χ4n) is 3.91. The Kier molecular flexibility index (Phi) is 3.18. The molecule has 2 saturated heterocycles. The molecule has 0 amide bonds. The first-order valence-electron chi connectivity index (χ1n) is 7.22. The minimum atomic E-state index is -2.99. The van der Waals surface area contributed by atoms with Gasteiger partial charge >= 0.3 is 5.97 Å². The number of nitrogens with two attached hydrogens (primary N) is 1. The lowest BCUT2D eigenvalue weighted by molar-refractivity contribution is -0.142. The summed E-state index contributed by atoms with van der Waals surface area (Å²) in [5.74, 6) is -3.00. The molecule has 4 rings (SSSR count). The van der Waals surface area contributed by atoms with Crippen molar-refractivity contribution in [2.45, 2.75) is 31.6 Å². The van der Waals surface area contributed by atoms with Crippen LogP contribution >= 0.6 is 0 Å². The summed E-state index contributed by atoms with van der Waals surface area (Å²) >= 11 is 0. The highest BCUT2D eigenvalue weighted by molar-refractivity contribution is 5.97. The van der Waals surface area contributed by atoms with Gasteiger partial charge in [0.15, 0.2) is 0 Å². The highest BCUT2D eigenvalue weighted by Crippen LogP contribution is 2.48. The van der Waals surface area contributed by atoms with Crippen LogP contribution in [0.3, 0.4) is 0 Å². The van der Waals surface area contributed by atoms with E-state index in [0.717, 1.165) is 6.42 Å². The quantitative estimate of drug-likeness (QED) is 0.546. The molecule has 7 heteroatoms. The van der Waals surface area contributed by atoms with Crippen molar-refractivity contribution in [1.29, 1.82) is 5.41 Å². The van der Waals surface area contributed by atoms with Crippen molar-refractivity contribution < 1.29 is 18.7 Å². The summed E-state index contributed by atoms with van der Waals surface area (Å²) in [5.41, 5.74) is 5.28. The second kappa shape index (κ2) is 4.68. The molecule has 3 atom stereocenters. The molecule has 0 spiro atoms. The molecule has 0 aromatic carbocycles. The van der Waals surface area contributed by atoms with Crippen molar-refractivity contribution in [3.05, 3.63) is 11.3 Å². The molecule has 2 aliphatic carbocycles. The Hall–Kier alpha value is -1.66. The predicted molar refractivity (Wildman–Crippen MR) is 72.0 cm³/mol. The maximum absolute atomic E-state index is 13.4. The molecule has 2 heterocycles. The molecule has 21 heavy (non-hydrogen) atoms. The summed E-state index contributed by atoms with van der Waals surface area (Å²) in [6, 6.07) is 0. The number of alkyl halides is 2. The number of fused-ring (bicyclic) bond motifs is 2. The van der Waals surface area contributed by atoms with Crippen LogP contribution in [0.2, 0.25) is 0 Å². The fourth-order valence-corrected chi connectivity index (χ4v) is 3.91.